The van der Waals surface area contributed by atoms with Crippen molar-refractivity contribution < 1.29 is 17.7 Å². The zero-order valence-corrected chi connectivity index (χ0v) is 17.4. The number of aromatic nitrogens is 2. The zero-order chi connectivity index (χ0) is 20.9. The lowest BCUT2D eigenvalue weighted by Gasteiger charge is -2.19. The minimum Gasteiger partial charge on any atom is -0.495 e. The van der Waals surface area contributed by atoms with Gasteiger partial charge in [-0.3, -0.25) is 0 Å². The maximum Gasteiger partial charge on any atom is 0.257 e. The van der Waals surface area contributed by atoms with E-state index < -0.39 is 10.0 Å². The summed E-state index contributed by atoms with van der Waals surface area (Å²) in [6.45, 7) is 4.67. The lowest BCUT2D eigenvalue weighted by atomic mass is 10.2. The van der Waals surface area contributed by atoms with Crippen LogP contribution < -0.4 is 10.1 Å². The summed E-state index contributed by atoms with van der Waals surface area (Å²) in [5, 5.41) is 7.11. The van der Waals surface area contributed by atoms with Crippen molar-refractivity contribution >= 4 is 15.7 Å². The topological polar surface area (TPSA) is 97.6 Å². The summed E-state index contributed by atoms with van der Waals surface area (Å²) in [5.74, 6) is 1.39. The van der Waals surface area contributed by atoms with Gasteiger partial charge in [0.25, 0.3) is 5.89 Å². The number of hydrogen-bond donors (Lipinski definition) is 1. The molecule has 0 unspecified atom stereocenters. The fourth-order valence-corrected chi connectivity index (χ4v) is 4.38. The van der Waals surface area contributed by atoms with Gasteiger partial charge >= 0.3 is 0 Å². The molecule has 0 atom stereocenters. The van der Waals surface area contributed by atoms with Crippen molar-refractivity contribution in [1.82, 2.24) is 14.4 Å². The summed E-state index contributed by atoms with van der Waals surface area (Å²) in [6.07, 6.45) is 0. The molecule has 0 saturated carbocycles. The van der Waals surface area contributed by atoms with Gasteiger partial charge in [0.15, 0.2) is 5.82 Å². The summed E-state index contributed by atoms with van der Waals surface area (Å²) < 4.78 is 37.7. The number of methoxy groups -OCH3 is 1. The molecule has 29 heavy (non-hydrogen) atoms. The van der Waals surface area contributed by atoms with Gasteiger partial charge in [-0.2, -0.15) is 9.29 Å². The normalized spacial score (nSPS) is 11.6. The summed E-state index contributed by atoms with van der Waals surface area (Å²) in [6, 6.07) is 14.2. The van der Waals surface area contributed by atoms with E-state index in [0.29, 0.717) is 36.2 Å². The van der Waals surface area contributed by atoms with Crippen LogP contribution in [0.1, 0.15) is 19.7 Å². The molecule has 0 amide bonds. The molecule has 1 aromatic heterocycles. The highest BCUT2D eigenvalue weighted by Crippen LogP contribution is 2.29. The number of nitrogens with one attached hydrogen (secondary N) is 1. The van der Waals surface area contributed by atoms with Crippen molar-refractivity contribution in [3.05, 3.63) is 54.4 Å². The highest BCUT2D eigenvalue weighted by molar-refractivity contribution is 7.89. The van der Waals surface area contributed by atoms with E-state index in [2.05, 4.69) is 15.5 Å². The SMILES string of the molecule is CCN(CC)S(=O)(=O)c1ccc(OC)c(NCc2noc(-c3ccccc3)n2)c1. The van der Waals surface area contributed by atoms with Crippen LogP contribution in [-0.4, -0.2) is 43.1 Å². The van der Waals surface area contributed by atoms with Gasteiger partial charge in [-0.1, -0.05) is 37.2 Å². The first-order valence-electron chi connectivity index (χ1n) is 9.29. The van der Waals surface area contributed by atoms with Gasteiger partial charge < -0.3 is 14.6 Å². The molecule has 0 radical (unpaired) electrons. The molecule has 8 nitrogen and oxygen atoms in total. The van der Waals surface area contributed by atoms with Crippen molar-refractivity contribution in [3.8, 4) is 17.2 Å². The van der Waals surface area contributed by atoms with Gasteiger partial charge in [-0.15, -0.1) is 0 Å². The summed E-state index contributed by atoms with van der Waals surface area (Å²) in [4.78, 5) is 4.57. The molecule has 0 bridgehead atoms. The molecule has 1 heterocycles. The summed E-state index contributed by atoms with van der Waals surface area (Å²) >= 11 is 0. The lowest BCUT2D eigenvalue weighted by molar-refractivity contribution is 0.415. The Morgan fingerprint density at radius 3 is 2.48 bits per heavy atom. The second-order valence-electron chi connectivity index (χ2n) is 6.19. The Balaban J connectivity index is 1.81. The van der Waals surface area contributed by atoms with Gasteiger partial charge in [-0.05, 0) is 30.3 Å². The monoisotopic (exact) mass is 416 g/mol. The van der Waals surface area contributed by atoms with Crippen LogP contribution in [0.5, 0.6) is 5.75 Å². The van der Waals surface area contributed by atoms with E-state index in [1.165, 1.54) is 11.4 Å². The Bertz CT molecular complexity index is 1050. The third-order valence-electron chi connectivity index (χ3n) is 4.44. The number of ether oxygens (including phenoxy) is 1. The van der Waals surface area contributed by atoms with Gasteiger partial charge in [0.1, 0.15) is 5.75 Å². The van der Waals surface area contributed by atoms with E-state index in [4.69, 9.17) is 9.26 Å². The molecular formula is C20H24N4O4S. The smallest absolute Gasteiger partial charge is 0.257 e. The Hall–Kier alpha value is -2.91. The van der Waals surface area contributed by atoms with Gasteiger partial charge in [-0.25, -0.2) is 8.42 Å². The highest BCUT2D eigenvalue weighted by atomic mass is 32.2. The molecule has 0 saturated heterocycles. The van der Waals surface area contributed by atoms with Crippen molar-refractivity contribution in [1.29, 1.82) is 0 Å². The van der Waals surface area contributed by atoms with Gasteiger partial charge in [0, 0.05) is 18.7 Å². The summed E-state index contributed by atoms with van der Waals surface area (Å²) in [7, 11) is -2.05. The molecule has 1 N–H and O–H groups in total. The maximum atomic E-state index is 12.8. The average molecular weight is 417 g/mol. The molecule has 0 spiro atoms. The van der Waals surface area contributed by atoms with Crippen LogP contribution in [0, 0.1) is 0 Å². The van der Waals surface area contributed by atoms with E-state index in [0.717, 1.165) is 5.56 Å². The fourth-order valence-electron chi connectivity index (χ4n) is 2.90. The molecule has 0 fully saturated rings. The van der Waals surface area contributed by atoms with E-state index in [-0.39, 0.29) is 11.4 Å². The van der Waals surface area contributed by atoms with E-state index in [9.17, 15) is 8.42 Å². The molecule has 0 aliphatic carbocycles. The number of anilines is 1. The van der Waals surface area contributed by atoms with Crippen LogP contribution >= 0.6 is 0 Å². The van der Waals surface area contributed by atoms with Crippen LogP contribution in [-0.2, 0) is 16.6 Å². The molecule has 0 aliphatic heterocycles. The van der Waals surface area contributed by atoms with Crippen LogP contribution in [0.2, 0.25) is 0 Å². The van der Waals surface area contributed by atoms with Crippen molar-refractivity contribution in [2.24, 2.45) is 0 Å². The molecule has 0 aliphatic rings. The molecule has 3 rings (SSSR count). The highest BCUT2D eigenvalue weighted by Gasteiger charge is 2.23. The largest absolute Gasteiger partial charge is 0.495 e. The first kappa shape index (κ1) is 20.8. The van der Waals surface area contributed by atoms with E-state index >= 15 is 0 Å². The quantitative estimate of drug-likeness (QED) is 0.571. The number of rotatable bonds is 9. The third-order valence-corrected chi connectivity index (χ3v) is 6.49. The standard InChI is InChI=1S/C20H24N4O4S/c1-4-24(5-2)29(25,26)16-11-12-18(27-3)17(13-16)21-14-19-22-20(28-23-19)15-9-7-6-8-10-15/h6-13,21H,4-5,14H2,1-3H3. The predicted octanol–water partition coefficient (Wildman–Crippen LogP) is 3.39. The molecule has 154 valence electrons. The number of benzene rings is 2. The summed E-state index contributed by atoms with van der Waals surface area (Å²) in [5.41, 5.74) is 1.36. The minimum atomic E-state index is -3.58. The molecule has 3 aromatic rings. The van der Waals surface area contributed by atoms with Gasteiger partial charge in [0.2, 0.25) is 10.0 Å². The first-order valence-corrected chi connectivity index (χ1v) is 10.7. The Morgan fingerprint density at radius 1 is 1.10 bits per heavy atom. The van der Waals surface area contributed by atoms with Crippen LogP contribution in [0.3, 0.4) is 0 Å². The van der Waals surface area contributed by atoms with Crippen LogP contribution in [0.25, 0.3) is 11.5 Å². The Labute approximate surface area is 170 Å². The molecule has 2 aromatic carbocycles. The Morgan fingerprint density at radius 2 is 1.83 bits per heavy atom. The molecule has 9 heteroatoms. The van der Waals surface area contributed by atoms with Crippen molar-refractivity contribution in [2.75, 3.05) is 25.5 Å². The second kappa shape index (κ2) is 9.06. The van der Waals surface area contributed by atoms with Crippen LogP contribution in [0.4, 0.5) is 5.69 Å². The van der Waals surface area contributed by atoms with Gasteiger partial charge in [0.05, 0.1) is 24.2 Å². The predicted molar refractivity (Wildman–Crippen MR) is 110 cm³/mol. The van der Waals surface area contributed by atoms with Crippen molar-refractivity contribution in [3.63, 3.8) is 0 Å². The fraction of sp³-hybridized carbons (Fsp3) is 0.300. The number of sulfonamides is 1. The van der Waals surface area contributed by atoms with Crippen LogP contribution in [0.15, 0.2) is 57.9 Å². The zero-order valence-electron chi connectivity index (χ0n) is 16.6. The van der Waals surface area contributed by atoms with Crippen molar-refractivity contribution in [2.45, 2.75) is 25.3 Å². The average Bonchev–Trinajstić information content (AvgIpc) is 3.22. The number of hydrogen-bond acceptors (Lipinski definition) is 7. The van der Waals surface area contributed by atoms with E-state index in [1.807, 2.05) is 44.2 Å². The third kappa shape index (κ3) is 4.57. The van der Waals surface area contributed by atoms with E-state index in [1.54, 1.807) is 18.2 Å². The second-order valence-corrected chi connectivity index (χ2v) is 8.12. The maximum absolute atomic E-state index is 12.8. The molecular weight excluding hydrogens is 392 g/mol. The lowest BCUT2D eigenvalue weighted by Crippen LogP contribution is -2.30. The minimum absolute atomic E-state index is 0.197. The number of nitrogens with zero attached hydrogens (tertiary/aromatic N) is 3. The Kier molecular flexibility index (Phi) is 6.50. The first-order chi connectivity index (χ1) is 14.0.